The molecule has 0 saturated heterocycles. The van der Waals surface area contributed by atoms with Gasteiger partial charge in [0.2, 0.25) is 0 Å². The Labute approximate surface area is 105 Å². The molecule has 2 atom stereocenters. The molecule has 1 amide bonds. The zero-order valence-electron chi connectivity index (χ0n) is 10.1. The summed E-state index contributed by atoms with van der Waals surface area (Å²) in [5, 5.41) is 0. The predicted octanol–water partition coefficient (Wildman–Crippen LogP) is 1.86. The second-order valence-electron chi connectivity index (χ2n) is 5.05. The number of fused-ring (bicyclic) bond motifs is 3. The fourth-order valence-electron chi connectivity index (χ4n) is 3.15. The van der Waals surface area contributed by atoms with Crippen LogP contribution < -0.4 is 10.5 Å². The van der Waals surface area contributed by atoms with Gasteiger partial charge in [-0.25, -0.2) is 4.39 Å². The summed E-state index contributed by atoms with van der Waals surface area (Å²) in [5.74, 6) is 0.182. The van der Waals surface area contributed by atoms with Gasteiger partial charge in [-0.05, 0) is 42.4 Å². The van der Waals surface area contributed by atoms with Crippen LogP contribution in [0.25, 0.3) is 0 Å². The van der Waals surface area contributed by atoms with E-state index >= 15 is 0 Å². The number of nitrogens with two attached hydrogens (primary N) is 1. The topological polar surface area (TPSA) is 52.3 Å². The number of aryl methyl sites for hydroxylation is 1. The smallest absolute Gasteiger partial charge is 0.251 e. The van der Waals surface area contributed by atoms with Gasteiger partial charge >= 0.3 is 0 Å². The van der Waals surface area contributed by atoms with Gasteiger partial charge in [-0.1, -0.05) is 6.07 Å². The molecule has 3 rings (SSSR count). The van der Waals surface area contributed by atoms with E-state index in [1.54, 1.807) is 0 Å². The van der Waals surface area contributed by atoms with Gasteiger partial charge in [0.15, 0.2) is 6.17 Å². The van der Waals surface area contributed by atoms with Crippen LogP contribution in [0.15, 0.2) is 12.1 Å². The molecule has 0 aromatic heterocycles. The zero-order valence-corrected chi connectivity index (χ0v) is 10.1. The molecule has 96 valence electrons. The average molecular weight is 249 g/mol. The molecule has 1 aromatic carbocycles. The molecule has 1 aliphatic heterocycles. The third-order valence-corrected chi connectivity index (χ3v) is 3.98. The molecule has 18 heavy (non-hydrogen) atoms. The first-order valence-corrected chi connectivity index (χ1v) is 6.37. The minimum absolute atomic E-state index is 0.110. The maximum atomic E-state index is 13.5. The number of halogens is 1. The lowest BCUT2D eigenvalue weighted by Crippen LogP contribution is -2.26. The number of ether oxygens (including phenoxy) is 1. The van der Waals surface area contributed by atoms with Crippen molar-refractivity contribution in [3.8, 4) is 5.75 Å². The highest BCUT2D eigenvalue weighted by Gasteiger charge is 2.32. The predicted molar refractivity (Wildman–Crippen MR) is 65.4 cm³/mol. The molecule has 1 aromatic rings. The molecular weight excluding hydrogens is 233 g/mol. The Bertz CT molecular complexity index is 501. The molecule has 1 aliphatic carbocycles. The normalized spacial score (nSPS) is 22.2. The lowest BCUT2D eigenvalue weighted by Gasteiger charge is -2.15. The SMILES string of the molecule is NC(=O)C(F)CC1CCc2ccc3c(c21)CCO3. The molecule has 2 N–H and O–H groups in total. The lowest BCUT2D eigenvalue weighted by atomic mass is 9.90. The molecule has 1 heterocycles. The van der Waals surface area contributed by atoms with Crippen molar-refractivity contribution >= 4 is 5.91 Å². The van der Waals surface area contributed by atoms with Gasteiger partial charge < -0.3 is 10.5 Å². The quantitative estimate of drug-likeness (QED) is 0.889. The van der Waals surface area contributed by atoms with Crippen LogP contribution in [0.5, 0.6) is 5.75 Å². The Kier molecular flexibility index (Phi) is 2.73. The summed E-state index contributed by atoms with van der Waals surface area (Å²) in [6.07, 6.45) is 1.42. The highest BCUT2D eigenvalue weighted by atomic mass is 19.1. The highest BCUT2D eigenvalue weighted by molar-refractivity contribution is 5.78. The fourth-order valence-corrected chi connectivity index (χ4v) is 3.15. The van der Waals surface area contributed by atoms with Crippen molar-refractivity contribution in [2.75, 3.05) is 6.61 Å². The summed E-state index contributed by atoms with van der Waals surface area (Å²) >= 11 is 0. The summed E-state index contributed by atoms with van der Waals surface area (Å²) in [6.45, 7) is 0.702. The Balaban J connectivity index is 1.91. The maximum absolute atomic E-state index is 13.5. The number of carbonyl (C=O) groups is 1. The molecule has 2 unspecified atom stereocenters. The van der Waals surface area contributed by atoms with Crippen molar-refractivity contribution in [2.24, 2.45) is 5.73 Å². The van der Waals surface area contributed by atoms with E-state index in [0.29, 0.717) is 6.61 Å². The van der Waals surface area contributed by atoms with Gasteiger partial charge in [0.05, 0.1) is 6.61 Å². The fraction of sp³-hybridized carbons (Fsp3) is 0.500. The van der Waals surface area contributed by atoms with E-state index in [2.05, 4.69) is 6.07 Å². The molecular formula is C14H16FNO2. The maximum Gasteiger partial charge on any atom is 0.251 e. The van der Waals surface area contributed by atoms with Crippen LogP contribution in [-0.2, 0) is 17.6 Å². The second kappa shape index (κ2) is 4.26. The number of alkyl halides is 1. The van der Waals surface area contributed by atoms with Crippen molar-refractivity contribution in [1.29, 1.82) is 0 Å². The van der Waals surface area contributed by atoms with Crippen molar-refractivity contribution in [3.63, 3.8) is 0 Å². The number of hydrogen-bond donors (Lipinski definition) is 1. The summed E-state index contributed by atoms with van der Waals surface area (Å²) in [4.78, 5) is 10.9. The third-order valence-electron chi connectivity index (χ3n) is 3.98. The largest absolute Gasteiger partial charge is 0.493 e. The Morgan fingerprint density at radius 2 is 2.33 bits per heavy atom. The lowest BCUT2D eigenvalue weighted by molar-refractivity contribution is -0.123. The van der Waals surface area contributed by atoms with Crippen LogP contribution >= 0.6 is 0 Å². The molecule has 2 aliphatic rings. The van der Waals surface area contributed by atoms with E-state index in [4.69, 9.17) is 10.5 Å². The van der Waals surface area contributed by atoms with Crippen LogP contribution in [0.2, 0.25) is 0 Å². The monoisotopic (exact) mass is 249 g/mol. The molecule has 0 spiro atoms. The van der Waals surface area contributed by atoms with Crippen molar-refractivity contribution in [1.82, 2.24) is 0 Å². The van der Waals surface area contributed by atoms with Crippen LogP contribution in [0.4, 0.5) is 4.39 Å². The number of amides is 1. The average Bonchev–Trinajstić information content (AvgIpc) is 2.94. The number of carbonyl (C=O) groups excluding carboxylic acids is 1. The van der Waals surface area contributed by atoms with Gasteiger partial charge in [0.25, 0.3) is 5.91 Å². The van der Waals surface area contributed by atoms with E-state index in [1.165, 1.54) is 16.7 Å². The van der Waals surface area contributed by atoms with E-state index in [-0.39, 0.29) is 12.3 Å². The third kappa shape index (κ3) is 1.76. The van der Waals surface area contributed by atoms with Crippen molar-refractivity contribution in [2.45, 2.75) is 37.8 Å². The van der Waals surface area contributed by atoms with Gasteiger partial charge in [0, 0.05) is 12.0 Å². The van der Waals surface area contributed by atoms with E-state index in [0.717, 1.165) is 25.0 Å². The molecule has 0 radical (unpaired) electrons. The number of primary amides is 1. The summed E-state index contributed by atoms with van der Waals surface area (Å²) in [5.41, 5.74) is 8.72. The first kappa shape index (κ1) is 11.5. The van der Waals surface area contributed by atoms with Crippen molar-refractivity contribution < 1.29 is 13.9 Å². The molecule has 0 saturated carbocycles. The highest BCUT2D eigenvalue weighted by Crippen LogP contribution is 2.43. The molecule has 0 bridgehead atoms. The van der Waals surface area contributed by atoms with Crippen LogP contribution in [0, 0.1) is 0 Å². The van der Waals surface area contributed by atoms with E-state index < -0.39 is 12.1 Å². The minimum atomic E-state index is -1.54. The first-order valence-electron chi connectivity index (χ1n) is 6.37. The molecule has 3 nitrogen and oxygen atoms in total. The summed E-state index contributed by atoms with van der Waals surface area (Å²) < 4.78 is 19.1. The van der Waals surface area contributed by atoms with Gasteiger partial charge in [-0.3, -0.25) is 4.79 Å². The van der Waals surface area contributed by atoms with E-state index in [9.17, 15) is 9.18 Å². The molecule has 4 heteroatoms. The zero-order chi connectivity index (χ0) is 12.7. The Morgan fingerprint density at radius 3 is 3.11 bits per heavy atom. The number of rotatable bonds is 3. The molecule has 0 fully saturated rings. The van der Waals surface area contributed by atoms with Gasteiger partial charge in [-0.2, -0.15) is 0 Å². The van der Waals surface area contributed by atoms with Gasteiger partial charge in [-0.15, -0.1) is 0 Å². The minimum Gasteiger partial charge on any atom is -0.493 e. The first-order chi connectivity index (χ1) is 8.66. The van der Waals surface area contributed by atoms with E-state index in [1.807, 2.05) is 6.07 Å². The van der Waals surface area contributed by atoms with Crippen LogP contribution in [-0.4, -0.2) is 18.7 Å². The van der Waals surface area contributed by atoms with Crippen molar-refractivity contribution in [3.05, 3.63) is 28.8 Å². The summed E-state index contributed by atoms with van der Waals surface area (Å²) in [6, 6.07) is 4.07. The van der Waals surface area contributed by atoms with Crippen LogP contribution in [0.3, 0.4) is 0 Å². The second-order valence-corrected chi connectivity index (χ2v) is 5.05. The van der Waals surface area contributed by atoms with Gasteiger partial charge in [0.1, 0.15) is 5.75 Å². The van der Waals surface area contributed by atoms with Crippen LogP contribution in [0.1, 0.15) is 35.4 Å². The summed E-state index contributed by atoms with van der Waals surface area (Å²) in [7, 11) is 0. The number of hydrogen-bond acceptors (Lipinski definition) is 2. The Hall–Kier alpha value is -1.58. The Morgan fingerprint density at radius 1 is 1.50 bits per heavy atom. The number of benzene rings is 1. The standard InChI is InChI=1S/C14H16FNO2/c15-11(14(16)17)7-9-2-1-8-3-4-12-10(13(8)9)5-6-18-12/h3-4,9,11H,1-2,5-7H2,(H2,16,17).